The van der Waals surface area contributed by atoms with Crippen molar-refractivity contribution in [1.29, 1.82) is 5.39 Å². The molecule has 114 valence electrons. The number of nitrogens with zero attached hydrogens (tertiary/aromatic N) is 2. The molecule has 23 heavy (non-hydrogen) atoms. The Morgan fingerprint density at radius 1 is 0.957 bits per heavy atom. The lowest BCUT2D eigenvalue weighted by Gasteiger charge is -2.12. The van der Waals surface area contributed by atoms with E-state index in [9.17, 15) is 13.5 Å². The molecule has 0 fully saturated rings. The molecule has 0 saturated heterocycles. The van der Waals surface area contributed by atoms with E-state index in [1.165, 1.54) is 30.3 Å². The van der Waals surface area contributed by atoms with Gasteiger partial charge in [0.25, 0.3) is 0 Å². The lowest BCUT2D eigenvalue weighted by atomic mass is 10.1. The molecule has 3 aromatic rings. The van der Waals surface area contributed by atoms with Crippen molar-refractivity contribution in [1.82, 2.24) is 0 Å². The van der Waals surface area contributed by atoms with Crippen LogP contribution in [0.25, 0.3) is 15.7 Å². The Morgan fingerprint density at radius 2 is 1.65 bits per heavy atom. The van der Waals surface area contributed by atoms with Gasteiger partial charge in [0.1, 0.15) is 0 Å². The second-order valence-electron chi connectivity index (χ2n) is 5.18. The van der Waals surface area contributed by atoms with Crippen LogP contribution in [-0.4, -0.2) is 8.42 Å². The van der Waals surface area contributed by atoms with Crippen LogP contribution < -0.4 is 5.11 Å². The summed E-state index contributed by atoms with van der Waals surface area (Å²) in [4.78, 5) is 3.14. The predicted octanol–water partition coefficient (Wildman–Crippen LogP) is 3.54. The third-order valence-electron chi connectivity index (χ3n) is 3.68. The number of diazo groups is 1. The molecule has 3 aromatic carbocycles. The molecule has 0 radical (unpaired) electrons. The largest absolute Gasteiger partial charge is 0.867 e. The summed E-state index contributed by atoms with van der Waals surface area (Å²) in [5.41, 5.74) is 0.834. The minimum Gasteiger partial charge on any atom is -0.867 e. The molecule has 0 unspecified atom stereocenters. The first kappa shape index (κ1) is 15.0. The van der Waals surface area contributed by atoms with E-state index in [1.54, 1.807) is 24.3 Å². The molecular weight excluding hydrogens is 312 g/mol. The highest BCUT2D eigenvalue weighted by atomic mass is 32.2. The van der Waals surface area contributed by atoms with Crippen LogP contribution >= 0.6 is 0 Å². The monoisotopic (exact) mass is 324 g/mol. The Labute approximate surface area is 133 Å². The number of rotatable bonds is 2. The van der Waals surface area contributed by atoms with Gasteiger partial charge in [-0.1, -0.05) is 29.8 Å². The molecular formula is C17H12N2O3S. The SMILES string of the molecule is Cc1ccc(S(=O)(=O)c2cccc3c([O-])c([N+]#N)ccc23)cc1. The number of aryl methyl sites for hydroxylation is 1. The van der Waals surface area contributed by atoms with Crippen LogP contribution in [0.2, 0.25) is 0 Å². The zero-order valence-electron chi connectivity index (χ0n) is 12.2. The normalized spacial score (nSPS) is 11.3. The van der Waals surface area contributed by atoms with Crippen molar-refractivity contribution in [3.63, 3.8) is 0 Å². The van der Waals surface area contributed by atoms with E-state index in [0.717, 1.165) is 5.56 Å². The summed E-state index contributed by atoms with van der Waals surface area (Å²) >= 11 is 0. The van der Waals surface area contributed by atoms with Crippen molar-refractivity contribution in [2.75, 3.05) is 0 Å². The Balaban J connectivity index is 2.30. The van der Waals surface area contributed by atoms with Gasteiger partial charge in [0, 0.05) is 11.5 Å². The highest BCUT2D eigenvalue weighted by molar-refractivity contribution is 7.91. The van der Waals surface area contributed by atoms with Gasteiger partial charge in [0.05, 0.1) is 9.79 Å². The van der Waals surface area contributed by atoms with E-state index in [2.05, 4.69) is 4.98 Å². The van der Waals surface area contributed by atoms with Gasteiger partial charge in [-0.3, -0.25) is 0 Å². The zero-order chi connectivity index (χ0) is 16.6. The molecule has 3 rings (SSSR count). The maximum atomic E-state index is 12.8. The van der Waals surface area contributed by atoms with E-state index in [4.69, 9.17) is 5.39 Å². The van der Waals surface area contributed by atoms with Crippen LogP contribution in [0.1, 0.15) is 5.56 Å². The number of fused-ring (bicyclic) bond motifs is 1. The number of hydrogen-bond donors (Lipinski definition) is 0. The van der Waals surface area contributed by atoms with Crippen molar-refractivity contribution >= 4 is 26.3 Å². The highest BCUT2D eigenvalue weighted by Gasteiger charge is 2.21. The Morgan fingerprint density at radius 3 is 2.30 bits per heavy atom. The van der Waals surface area contributed by atoms with Crippen molar-refractivity contribution in [3.05, 3.63) is 65.1 Å². The Kier molecular flexibility index (Phi) is 3.51. The number of sulfone groups is 1. The lowest BCUT2D eigenvalue weighted by Crippen LogP contribution is -2.03. The van der Waals surface area contributed by atoms with E-state index in [0.29, 0.717) is 5.39 Å². The summed E-state index contributed by atoms with van der Waals surface area (Å²) in [5.74, 6) is -0.508. The zero-order valence-corrected chi connectivity index (χ0v) is 13.0. The van der Waals surface area contributed by atoms with Gasteiger partial charge < -0.3 is 5.11 Å². The molecule has 0 aliphatic rings. The Bertz CT molecular complexity index is 1050. The molecule has 0 aliphatic carbocycles. The van der Waals surface area contributed by atoms with E-state index < -0.39 is 15.6 Å². The van der Waals surface area contributed by atoms with Gasteiger partial charge >= 0.3 is 5.69 Å². The molecule has 0 heterocycles. The maximum absolute atomic E-state index is 12.8. The third-order valence-corrected chi connectivity index (χ3v) is 5.51. The van der Waals surface area contributed by atoms with Crippen LogP contribution in [0.3, 0.4) is 0 Å². The minimum atomic E-state index is -3.75. The van der Waals surface area contributed by atoms with Crippen molar-refractivity contribution < 1.29 is 13.5 Å². The number of benzene rings is 3. The first-order chi connectivity index (χ1) is 10.9. The summed E-state index contributed by atoms with van der Waals surface area (Å²) in [6.07, 6.45) is 0. The molecule has 0 aliphatic heterocycles. The smallest absolute Gasteiger partial charge is 0.378 e. The number of hydrogen-bond acceptors (Lipinski definition) is 4. The molecule has 0 bridgehead atoms. The standard InChI is InChI=1S/C17H12N2O3S/c1-11-5-7-12(8-6-11)23(21,22)16-4-2-3-14-13(16)9-10-15(19-18)17(14)20/h2-10H,1H3. The lowest BCUT2D eigenvalue weighted by molar-refractivity contribution is -0.264. The fraction of sp³-hybridized carbons (Fsp3) is 0.0588. The molecule has 0 spiro atoms. The first-order valence-electron chi connectivity index (χ1n) is 6.85. The molecule has 0 atom stereocenters. The van der Waals surface area contributed by atoms with Crippen LogP contribution in [0, 0.1) is 12.3 Å². The van der Waals surface area contributed by atoms with Crippen molar-refractivity contribution in [3.8, 4) is 5.75 Å². The summed E-state index contributed by atoms with van der Waals surface area (Å²) < 4.78 is 25.7. The highest BCUT2D eigenvalue weighted by Crippen LogP contribution is 2.36. The first-order valence-corrected chi connectivity index (χ1v) is 8.33. The van der Waals surface area contributed by atoms with Gasteiger partial charge in [-0.2, -0.15) is 0 Å². The summed E-state index contributed by atoms with van der Waals surface area (Å²) in [5, 5.41) is 21.5. The molecule has 6 heteroatoms. The van der Waals surface area contributed by atoms with Gasteiger partial charge in [0.15, 0.2) is 4.98 Å². The average Bonchev–Trinajstić information content (AvgIpc) is 2.55. The second kappa shape index (κ2) is 5.38. The predicted molar refractivity (Wildman–Crippen MR) is 84.8 cm³/mol. The minimum absolute atomic E-state index is 0.0560. The third kappa shape index (κ3) is 2.41. The Hall–Kier alpha value is -2.91. The van der Waals surface area contributed by atoms with Gasteiger partial charge in [-0.15, -0.1) is 0 Å². The summed E-state index contributed by atoms with van der Waals surface area (Å²) in [6, 6.07) is 13.8. The van der Waals surface area contributed by atoms with Crippen LogP contribution in [0.5, 0.6) is 5.75 Å². The van der Waals surface area contributed by atoms with Crippen LogP contribution in [0.4, 0.5) is 5.69 Å². The summed E-state index contributed by atoms with van der Waals surface area (Å²) in [7, 11) is -3.75. The van der Waals surface area contributed by atoms with Gasteiger partial charge in [0.2, 0.25) is 15.2 Å². The van der Waals surface area contributed by atoms with Gasteiger partial charge in [-0.25, -0.2) is 8.42 Å². The molecule has 0 saturated carbocycles. The fourth-order valence-corrected chi connectivity index (χ4v) is 3.92. The molecule has 0 N–H and O–H groups in total. The van der Waals surface area contributed by atoms with Crippen LogP contribution in [0.15, 0.2) is 64.4 Å². The van der Waals surface area contributed by atoms with Crippen molar-refractivity contribution in [2.45, 2.75) is 16.7 Å². The fourth-order valence-electron chi connectivity index (χ4n) is 2.45. The van der Waals surface area contributed by atoms with Crippen LogP contribution in [-0.2, 0) is 9.84 Å². The topological polar surface area (TPSA) is 85.3 Å². The second-order valence-corrected chi connectivity index (χ2v) is 7.10. The van der Waals surface area contributed by atoms with Gasteiger partial charge in [-0.05, 0) is 42.3 Å². The quantitative estimate of drug-likeness (QED) is 0.675. The molecule has 0 aromatic heterocycles. The van der Waals surface area contributed by atoms with Crippen molar-refractivity contribution in [2.24, 2.45) is 0 Å². The van der Waals surface area contributed by atoms with E-state index in [1.807, 2.05) is 6.92 Å². The van der Waals surface area contributed by atoms with E-state index in [-0.39, 0.29) is 20.9 Å². The van der Waals surface area contributed by atoms with E-state index >= 15 is 0 Å². The average molecular weight is 324 g/mol. The maximum Gasteiger partial charge on any atom is 0.378 e. The molecule has 0 amide bonds. The molecule has 5 nitrogen and oxygen atoms in total. The summed E-state index contributed by atoms with van der Waals surface area (Å²) in [6.45, 7) is 1.87.